The van der Waals surface area contributed by atoms with Gasteiger partial charge in [0.05, 0.1) is 0 Å². The molecule has 25 heavy (non-hydrogen) atoms. The number of aromatic nitrogens is 1. The Morgan fingerprint density at radius 2 is 1.92 bits per heavy atom. The molecule has 1 saturated heterocycles. The van der Waals surface area contributed by atoms with Gasteiger partial charge in [0.15, 0.2) is 0 Å². The first-order chi connectivity index (χ1) is 11.3. The lowest BCUT2D eigenvalue weighted by Crippen LogP contribution is -2.40. The molecule has 1 aromatic rings. The molecule has 0 radical (unpaired) electrons. The van der Waals surface area contributed by atoms with Crippen LogP contribution >= 0.6 is 12.4 Å². The van der Waals surface area contributed by atoms with E-state index in [2.05, 4.69) is 12.2 Å². The number of nitrogens with zero attached hydrogens (tertiary/aromatic N) is 3. The second-order valence-corrected chi connectivity index (χ2v) is 8.46. The molecule has 2 heterocycles. The van der Waals surface area contributed by atoms with Crippen molar-refractivity contribution >= 4 is 28.3 Å². The number of halogens is 1. The summed E-state index contributed by atoms with van der Waals surface area (Å²) in [6.07, 6.45) is 3.25. The molecule has 0 aromatic carbocycles. The van der Waals surface area contributed by atoms with Crippen LogP contribution < -0.4 is 5.32 Å². The maximum absolute atomic E-state index is 12.8. The number of carbonyl (C=O) groups is 1. The van der Waals surface area contributed by atoms with Gasteiger partial charge in [0.25, 0.3) is 5.91 Å². The van der Waals surface area contributed by atoms with Crippen LogP contribution in [0.5, 0.6) is 0 Å². The second kappa shape index (κ2) is 9.02. The van der Waals surface area contributed by atoms with E-state index in [1.807, 2.05) is 0 Å². The van der Waals surface area contributed by atoms with Gasteiger partial charge in [-0.1, -0.05) is 6.92 Å². The molecule has 0 unspecified atom stereocenters. The summed E-state index contributed by atoms with van der Waals surface area (Å²) in [5, 5.41) is 3.32. The summed E-state index contributed by atoms with van der Waals surface area (Å²) in [6, 6.07) is 1.47. The fourth-order valence-corrected chi connectivity index (χ4v) is 4.51. The Labute approximate surface area is 156 Å². The highest BCUT2D eigenvalue weighted by Crippen LogP contribution is 2.25. The van der Waals surface area contributed by atoms with Crippen LogP contribution in [0.1, 0.15) is 30.3 Å². The van der Waals surface area contributed by atoms with E-state index in [1.54, 1.807) is 25.7 Å². The average molecular weight is 393 g/mol. The third-order valence-electron chi connectivity index (χ3n) is 4.50. The molecule has 0 aliphatic carbocycles. The van der Waals surface area contributed by atoms with E-state index < -0.39 is 10.0 Å². The first-order valence-corrected chi connectivity index (χ1v) is 9.80. The lowest BCUT2D eigenvalue weighted by atomic mass is 9.98. The van der Waals surface area contributed by atoms with Crippen molar-refractivity contribution in [3.05, 3.63) is 18.0 Å². The summed E-state index contributed by atoms with van der Waals surface area (Å²) >= 11 is 0. The minimum absolute atomic E-state index is 0. The van der Waals surface area contributed by atoms with Gasteiger partial charge in [0.2, 0.25) is 10.0 Å². The smallest absolute Gasteiger partial charge is 0.269 e. The van der Waals surface area contributed by atoms with Crippen molar-refractivity contribution in [3.63, 3.8) is 0 Å². The van der Waals surface area contributed by atoms with Gasteiger partial charge in [-0.2, -0.15) is 4.31 Å². The molecule has 1 aromatic heterocycles. The molecule has 2 rings (SSSR count). The number of hydrogen-bond donors (Lipinski definition) is 1. The van der Waals surface area contributed by atoms with Crippen molar-refractivity contribution < 1.29 is 13.2 Å². The third kappa shape index (κ3) is 4.97. The largest absolute Gasteiger partial charge is 0.345 e. The molecule has 1 aliphatic heterocycles. The standard InChI is InChI=1S/C16H28N4O3S.ClH/c1-5-17-11-13-6-8-20(9-7-13)24(22,23)14-10-15(19(4)12-14)16(21)18(2)3;/h10,12-13,17H,5-9,11H2,1-4H3;1H. The summed E-state index contributed by atoms with van der Waals surface area (Å²) < 4.78 is 28.8. The lowest BCUT2D eigenvalue weighted by Gasteiger charge is -2.31. The van der Waals surface area contributed by atoms with Crippen LogP contribution in [-0.4, -0.2) is 68.4 Å². The Bertz CT molecular complexity index is 680. The lowest BCUT2D eigenvalue weighted by molar-refractivity contribution is 0.0818. The van der Waals surface area contributed by atoms with Crippen LogP contribution in [0.3, 0.4) is 0 Å². The predicted molar refractivity (Wildman–Crippen MR) is 101 cm³/mol. The van der Waals surface area contributed by atoms with Crippen LogP contribution in [0.4, 0.5) is 0 Å². The molecule has 1 N–H and O–H groups in total. The summed E-state index contributed by atoms with van der Waals surface area (Å²) in [6.45, 7) is 5.01. The summed E-state index contributed by atoms with van der Waals surface area (Å²) in [4.78, 5) is 13.8. The fourth-order valence-electron chi connectivity index (χ4n) is 2.97. The van der Waals surface area contributed by atoms with Crippen LogP contribution in [0.25, 0.3) is 0 Å². The van der Waals surface area contributed by atoms with Crippen molar-refractivity contribution in [1.29, 1.82) is 0 Å². The zero-order chi connectivity index (χ0) is 17.9. The first kappa shape index (κ1) is 22.0. The van der Waals surface area contributed by atoms with E-state index in [-0.39, 0.29) is 23.2 Å². The number of rotatable bonds is 6. The Kier molecular flexibility index (Phi) is 7.92. The van der Waals surface area contributed by atoms with Gasteiger partial charge in [-0.15, -0.1) is 12.4 Å². The number of piperidine rings is 1. The van der Waals surface area contributed by atoms with Gasteiger partial charge >= 0.3 is 0 Å². The molecular weight excluding hydrogens is 364 g/mol. The van der Waals surface area contributed by atoms with E-state index >= 15 is 0 Å². The van der Waals surface area contributed by atoms with Crippen molar-refractivity contribution in [2.45, 2.75) is 24.7 Å². The Morgan fingerprint density at radius 3 is 2.44 bits per heavy atom. The summed E-state index contributed by atoms with van der Waals surface area (Å²) in [5.74, 6) is 0.321. The van der Waals surface area contributed by atoms with E-state index in [0.717, 1.165) is 25.9 Å². The van der Waals surface area contributed by atoms with Crippen LogP contribution in [0.15, 0.2) is 17.2 Å². The molecule has 0 spiro atoms. The van der Waals surface area contributed by atoms with E-state index in [9.17, 15) is 13.2 Å². The highest BCUT2D eigenvalue weighted by molar-refractivity contribution is 7.89. The van der Waals surface area contributed by atoms with Crippen molar-refractivity contribution in [2.75, 3.05) is 40.3 Å². The van der Waals surface area contributed by atoms with Crippen molar-refractivity contribution in [2.24, 2.45) is 13.0 Å². The van der Waals surface area contributed by atoms with Gasteiger partial charge < -0.3 is 14.8 Å². The normalized spacial score (nSPS) is 16.5. The van der Waals surface area contributed by atoms with E-state index in [4.69, 9.17) is 0 Å². The number of nitrogens with one attached hydrogen (secondary N) is 1. The summed E-state index contributed by atoms with van der Waals surface area (Å²) in [7, 11) is 1.45. The van der Waals surface area contributed by atoms with E-state index in [1.165, 1.54) is 21.5 Å². The SMILES string of the molecule is CCNCC1CCN(S(=O)(=O)c2cc(C(=O)N(C)C)n(C)c2)CC1.Cl. The van der Waals surface area contributed by atoms with E-state index in [0.29, 0.717) is 24.7 Å². The van der Waals surface area contributed by atoms with Gasteiger partial charge in [-0.25, -0.2) is 8.42 Å². The Balaban J connectivity index is 0.00000312. The quantitative estimate of drug-likeness (QED) is 0.788. The topological polar surface area (TPSA) is 74.7 Å². The Morgan fingerprint density at radius 1 is 1.32 bits per heavy atom. The van der Waals surface area contributed by atoms with Crippen molar-refractivity contribution in [1.82, 2.24) is 19.1 Å². The average Bonchev–Trinajstić information content (AvgIpc) is 2.95. The number of hydrogen-bond acceptors (Lipinski definition) is 4. The number of aryl methyl sites for hydroxylation is 1. The van der Waals surface area contributed by atoms with Gasteiger partial charge in [-0.05, 0) is 37.9 Å². The zero-order valence-corrected chi connectivity index (χ0v) is 17.0. The van der Waals surface area contributed by atoms with Gasteiger partial charge in [0.1, 0.15) is 10.6 Å². The molecule has 9 heteroatoms. The minimum atomic E-state index is -3.55. The highest BCUT2D eigenvalue weighted by Gasteiger charge is 2.31. The molecule has 0 bridgehead atoms. The first-order valence-electron chi connectivity index (χ1n) is 8.36. The Hall–Kier alpha value is -1.09. The number of carbonyl (C=O) groups excluding carboxylic acids is 1. The molecule has 1 aliphatic rings. The maximum atomic E-state index is 12.8. The molecule has 1 fully saturated rings. The predicted octanol–water partition coefficient (Wildman–Crippen LogP) is 1.16. The minimum Gasteiger partial charge on any atom is -0.345 e. The zero-order valence-electron chi connectivity index (χ0n) is 15.4. The summed E-state index contributed by atoms with van der Waals surface area (Å²) in [5.41, 5.74) is 0.376. The molecular formula is C16H29ClN4O3S. The van der Waals surface area contributed by atoms with Crippen molar-refractivity contribution in [3.8, 4) is 0 Å². The second-order valence-electron chi connectivity index (χ2n) is 6.53. The molecule has 7 nitrogen and oxygen atoms in total. The highest BCUT2D eigenvalue weighted by atomic mass is 35.5. The third-order valence-corrected chi connectivity index (χ3v) is 6.36. The monoisotopic (exact) mass is 392 g/mol. The van der Waals surface area contributed by atoms with Crippen LogP contribution in [0, 0.1) is 5.92 Å². The number of sulfonamides is 1. The number of amides is 1. The van der Waals surface area contributed by atoms with Crippen LogP contribution in [-0.2, 0) is 17.1 Å². The molecule has 1 amide bonds. The van der Waals surface area contributed by atoms with Crippen LogP contribution in [0.2, 0.25) is 0 Å². The molecule has 144 valence electrons. The van der Waals surface area contributed by atoms with Gasteiger partial charge in [-0.3, -0.25) is 4.79 Å². The van der Waals surface area contributed by atoms with Gasteiger partial charge in [0, 0.05) is 40.4 Å². The fraction of sp³-hybridized carbons (Fsp3) is 0.688. The molecule has 0 saturated carbocycles. The maximum Gasteiger partial charge on any atom is 0.269 e. The molecule has 0 atom stereocenters.